The summed E-state index contributed by atoms with van der Waals surface area (Å²) in [5.41, 5.74) is -1.69. The zero-order chi connectivity index (χ0) is 16.2. The van der Waals surface area contributed by atoms with Crippen LogP contribution in [0, 0.1) is 11.3 Å². The Morgan fingerprint density at radius 3 is 2.52 bits per heavy atom. The van der Waals surface area contributed by atoms with Crippen LogP contribution in [0.2, 0.25) is 0 Å². The van der Waals surface area contributed by atoms with E-state index >= 15 is 0 Å². The number of esters is 1. The van der Waals surface area contributed by atoms with Gasteiger partial charge in [0.15, 0.2) is 0 Å². The number of carbonyl (C=O) groups excluding carboxylic acids is 1. The smallest absolute Gasteiger partial charge is 0.416 e. The first-order chi connectivity index (χ1) is 9.70. The third kappa shape index (κ3) is 4.18. The Labute approximate surface area is 118 Å². The highest BCUT2D eigenvalue weighted by Crippen LogP contribution is 2.33. The van der Waals surface area contributed by atoms with Gasteiger partial charge in [0.25, 0.3) is 0 Å². The van der Waals surface area contributed by atoms with Gasteiger partial charge < -0.3 is 14.9 Å². The molecule has 0 saturated carbocycles. The summed E-state index contributed by atoms with van der Waals surface area (Å²) < 4.78 is 42.2. The van der Waals surface area contributed by atoms with Gasteiger partial charge in [-0.05, 0) is 18.2 Å². The zero-order valence-electron chi connectivity index (χ0n) is 10.9. The molecule has 2 atom stereocenters. The van der Waals surface area contributed by atoms with Crippen molar-refractivity contribution in [2.75, 3.05) is 7.11 Å². The number of nitriles is 1. The minimum absolute atomic E-state index is 0.223. The molecule has 0 spiro atoms. The van der Waals surface area contributed by atoms with Crippen LogP contribution in [-0.4, -0.2) is 29.4 Å². The maximum atomic E-state index is 12.6. The summed E-state index contributed by atoms with van der Waals surface area (Å²) in [7, 11) is 1.06. The van der Waals surface area contributed by atoms with Gasteiger partial charge >= 0.3 is 12.1 Å². The third-order valence-electron chi connectivity index (χ3n) is 2.79. The molecule has 0 heterocycles. The fourth-order valence-corrected chi connectivity index (χ4v) is 1.66. The fraction of sp³-hybridized carbons (Fsp3) is 0.385. The largest absolute Gasteiger partial charge is 0.469 e. The molecule has 5 nitrogen and oxygen atoms in total. The molecule has 0 aliphatic heterocycles. The maximum absolute atomic E-state index is 12.6. The molecule has 2 unspecified atom stereocenters. The van der Waals surface area contributed by atoms with E-state index in [1.807, 2.05) is 0 Å². The first-order valence-corrected chi connectivity index (χ1v) is 5.75. The first kappa shape index (κ1) is 16.9. The first-order valence-electron chi connectivity index (χ1n) is 5.75. The van der Waals surface area contributed by atoms with Crippen molar-refractivity contribution >= 4 is 5.97 Å². The van der Waals surface area contributed by atoms with Gasteiger partial charge in [0.1, 0.15) is 6.10 Å². The van der Waals surface area contributed by atoms with Crippen molar-refractivity contribution in [1.82, 2.24) is 0 Å². The van der Waals surface area contributed by atoms with Crippen molar-refractivity contribution in [2.45, 2.75) is 24.8 Å². The number of aliphatic hydroxyl groups excluding tert-OH is 2. The van der Waals surface area contributed by atoms with Gasteiger partial charge in [-0.15, -0.1) is 0 Å². The van der Waals surface area contributed by atoms with Gasteiger partial charge in [0.2, 0.25) is 0 Å². The second-order valence-corrected chi connectivity index (χ2v) is 4.20. The minimum atomic E-state index is -4.66. The van der Waals surface area contributed by atoms with Gasteiger partial charge in [0.05, 0.1) is 36.8 Å². The number of rotatable bonds is 4. The Bertz CT molecular complexity index is 566. The van der Waals surface area contributed by atoms with Crippen LogP contribution in [0.1, 0.15) is 29.2 Å². The highest BCUT2D eigenvalue weighted by atomic mass is 19.4. The number of halogens is 3. The van der Waals surface area contributed by atoms with Crippen LogP contribution >= 0.6 is 0 Å². The van der Waals surface area contributed by atoms with Gasteiger partial charge in [-0.3, -0.25) is 4.79 Å². The second-order valence-electron chi connectivity index (χ2n) is 4.20. The van der Waals surface area contributed by atoms with Crippen molar-refractivity contribution in [3.05, 3.63) is 34.9 Å². The number of ether oxygens (including phenoxy) is 1. The standard InChI is InChI=1S/C13H12F3NO4/c1-21-11(19)5-10(18)12(20)9-4-8(13(14,15)16)3-2-7(9)6-17/h2-4,10,12,18,20H,5H2,1H3. The van der Waals surface area contributed by atoms with Crippen molar-refractivity contribution in [3.63, 3.8) is 0 Å². The number of hydrogen-bond donors (Lipinski definition) is 2. The summed E-state index contributed by atoms with van der Waals surface area (Å²) in [4.78, 5) is 11.0. The Morgan fingerprint density at radius 2 is 2.05 bits per heavy atom. The normalized spacial score (nSPS) is 14.1. The van der Waals surface area contributed by atoms with Crippen LogP contribution in [-0.2, 0) is 15.7 Å². The molecule has 2 N–H and O–H groups in total. The number of aliphatic hydroxyl groups is 2. The molecule has 114 valence electrons. The lowest BCUT2D eigenvalue weighted by Gasteiger charge is -2.19. The van der Waals surface area contributed by atoms with Crippen LogP contribution < -0.4 is 0 Å². The van der Waals surface area contributed by atoms with E-state index in [1.54, 1.807) is 6.07 Å². The van der Waals surface area contributed by atoms with E-state index in [0.717, 1.165) is 13.2 Å². The highest BCUT2D eigenvalue weighted by molar-refractivity contribution is 5.69. The van der Waals surface area contributed by atoms with Crippen LogP contribution in [0.3, 0.4) is 0 Å². The molecule has 1 aromatic carbocycles. The summed E-state index contributed by atoms with van der Waals surface area (Å²) in [6, 6.07) is 3.79. The molecule has 8 heteroatoms. The third-order valence-corrected chi connectivity index (χ3v) is 2.79. The van der Waals surface area contributed by atoms with Crippen LogP contribution in [0.4, 0.5) is 13.2 Å². The average Bonchev–Trinajstić information content (AvgIpc) is 2.44. The number of benzene rings is 1. The van der Waals surface area contributed by atoms with E-state index in [4.69, 9.17) is 5.26 Å². The minimum Gasteiger partial charge on any atom is -0.469 e. The van der Waals surface area contributed by atoms with E-state index in [2.05, 4.69) is 4.74 Å². The molecule has 1 aromatic rings. The Morgan fingerprint density at radius 1 is 1.43 bits per heavy atom. The number of carbonyl (C=O) groups is 1. The number of hydrogen-bond acceptors (Lipinski definition) is 5. The quantitative estimate of drug-likeness (QED) is 0.823. The van der Waals surface area contributed by atoms with Crippen LogP contribution in [0.5, 0.6) is 0 Å². The molecular formula is C13H12F3NO4. The summed E-state index contributed by atoms with van der Waals surface area (Å²) in [6.07, 6.45) is -8.77. The summed E-state index contributed by atoms with van der Waals surface area (Å²) >= 11 is 0. The Kier molecular flexibility index (Phi) is 5.29. The van der Waals surface area contributed by atoms with Crippen molar-refractivity contribution in [1.29, 1.82) is 5.26 Å². The molecular weight excluding hydrogens is 291 g/mol. The molecule has 0 fully saturated rings. The average molecular weight is 303 g/mol. The number of nitrogens with zero attached hydrogens (tertiary/aromatic N) is 1. The monoisotopic (exact) mass is 303 g/mol. The molecule has 0 radical (unpaired) electrons. The Hall–Kier alpha value is -2.11. The lowest BCUT2D eigenvalue weighted by atomic mass is 9.95. The van der Waals surface area contributed by atoms with Crippen LogP contribution in [0.15, 0.2) is 18.2 Å². The Balaban J connectivity index is 3.15. The fourth-order valence-electron chi connectivity index (χ4n) is 1.66. The van der Waals surface area contributed by atoms with E-state index in [0.29, 0.717) is 12.1 Å². The predicted octanol–water partition coefficient (Wildman–Crippen LogP) is 1.53. The predicted molar refractivity (Wildman–Crippen MR) is 63.8 cm³/mol. The summed E-state index contributed by atoms with van der Waals surface area (Å²) in [5.74, 6) is -0.841. The van der Waals surface area contributed by atoms with E-state index < -0.39 is 41.9 Å². The zero-order valence-corrected chi connectivity index (χ0v) is 10.9. The van der Waals surface area contributed by atoms with Gasteiger partial charge in [-0.1, -0.05) is 0 Å². The van der Waals surface area contributed by atoms with Crippen LogP contribution in [0.25, 0.3) is 0 Å². The topological polar surface area (TPSA) is 90.6 Å². The molecule has 0 saturated heterocycles. The molecule has 21 heavy (non-hydrogen) atoms. The lowest BCUT2D eigenvalue weighted by molar-refractivity contribution is -0.145. The van der Waals surface area contributed by atoms with Crippen molar-refractivity contribution in [3.8, 4) is 6.07 Å². The van der Waals surface area contributed by atoms with Gasteiger partial charge in [-0.2, -0.15) is 18.4 Å². The van der Waals surface area contributed by atoms with E-state index in [-0.39, 0.29) is 5.56 Å². The van der Waals surface area contributed by atoms with Gasteiger partial charge in [0, 0.05) is 5.56 Å². The second kappa shape index (κ2) is 6.56. The van der Waals surface area contributed by atoms with E-state index in [9.17, 15) is 28.2 Å². The highest BCUT2D eigenvalue weighted by Gasteiger charge is 2.33. The molecule has 1 rings (SSSR count). The van der Waals surface area contributed by atoms with E-state index in [1.165, 1.54) is 0 Å². The molecule has 0 amide bonds. The number of alkyl halides is 3. The molecule has 0 aliphatic rings. The van der Waals surface area contributed by atoms with Crippen molar-refractivity contribution in [2.24, 2.45) is 0 Å². The lowest BCUT2D eigenvalue weighted by Crippen LogP contribution is -2.23. The summed E-state index contributed by atoms with van der Waals surface area (Å²) in [6.45, 7) is 0. The van der Waals surface area contributed by atoms with Gasteiger partial charge in [-0.25, -0.2) is 0 Å². The SMILES string of the molecule is COC(=O)CC(O)C(O)c1cc(C(F)(F)F)ccc1C#N. The summed E-state index contributed by atoms with van der Waals surface area (Å²) in [5, 5.41) is 28.4. The maximum Gasteiger partial charge on any atom is 0.416 e. The molecule has 0 aliphatic carbocycles. The molecule has 0 bridgehead atoms. The molecule has 0 aromatic heterocycles. The number of methoxy groups -OCH3 is 1. The van der Waals surface area contributed by atoms with Crippen molar-refractivity contribution < 1.29 is 32.9 Å².